The molecule has 5 heteroatoms. The Kier molecular flexibility index (Phi) is 5.42. The number of nitrogens with one attached hydrogen (secondary N) is 1. The molecule has 18 heavy (non-hydrogen) atoms. The van der Waals surface area contributed by atoms with Gasteiger partial charge in [-0.2, -0.15) is 4.98 Å². The lowest BCUT2D eigenvalue weighted by Crippen LogP contribution is -2.32. The van der Waals surface area contributed by atoms with Crippen LogP contribution in [0.5, 0.6) is 5.88 Å². The highest BCUT2D eigenvalue weighted by Crippen LogP contribution is 2.15. The second kappa shape index (κ2) is 6.83. The minimum Gasteiger partial charge on any atom is -0.481 e. The molecule has 0 amide bonds. The summed E-state index contributed by atoms with van der Waals surface area (Å²) in [6.45, 7) is 4.10. The number of methoxy groups -OCH3 is 2. The number of ether oxygens (including phenoxy) is 2. The number of hydrogen-bond donors (Lipinski definition) is 1. The summed E-state index contributed by atoms with van der Waals surface area (Å²) in [6.07, 6.45) is 0.686. The molecule has 0 bridgehead atoms. The van der Waals surface area contributed by atoms with Crippen LogP contribution in [0.25, 0.3) is 0 Å². The smallest absolute Gasteiger partial charge is 0.328 e. The topological polar surface area (TPSA) is 60.5 Å². The molecule has 0 radical (unpaired) electrons. The van der Waals surface area contributed by atoms with E-state index in [0.717, 1.165) is 0 Å². The van der Waals surface area contributed by atoms with Gasteiger partial charge in [0.1, 0.15) is 11.9 Å². The van der Waals surface area contributed by atoms with Crippen LogP contribution in [0.3, 0.4) is 0 Å². The SMILES string of the molecule is COC(=O)C(CC(C)C)Nc1cccc(OC)n1. The Labute approximate surface area is 108 Å². The Morgan fingerprint density at radius 2 is 2.11 bits per heavy atom. The first-order chi connectivity index (χ1) is 8.56. The number of carbonyl (C=O) groups is 1. The molecule has 0 aromatic carbocycles. The number of aromatic nitrogens is 1. The van der Waals surface area contributed by atoms with Crippen LogP contribution in [0.15, 0.2) is 18.2 Å². The number of esters is 1. The third-order valence-corrected chi connectivity index (χ3v) is 2.45. The Bertz CT molecular complexity index is 394. The molecule has 1 unspecified atom stereocenters. The number of hydrogen-bond acceptors (Lipinski definition) is 5. The minimum atomic E-state index is -0.394. The van der Waals surface area contributed by atoms with Gasteiger partial charge in [-0.1, -0.05) is 19.9 Å². The van der Waals surface area contributed by atoms with E-state index in [1.807, 2.05) is 6.07 Å². The highest BCUT2D eigenvalue weighted by molar-refractivity contribution is 5.78. The fourth-order valence-corrected chi connectivity index (χ4v) is 1.62. The van der Waals surface area contributed by atoms with Crippen molar-refractivity contribution >= 4 is 11.8 Å². The van der Waals surface area contributed by atoms with Crippen molar-refractivity contribution in [2.75, 3.05) is 19.5 Å². The highest BCUT2D eigenvalue weighted by atomic mass is 16.5. The summed E-state index contributed by atoms with van der Waals surface area (Å²) < 4.78 is 9.82. The van der Waals surface area contributed by atoms with Crippen molar-refractivity contribution < 1.29 is 14.3 Å². The van der Waals surface area contributed by atoms with Gasteiger partial charge < -0.3 is 14.8 Å². The van der Waals surface area contributed by atoms with Gasteiger partial charge in [-0.15, -0.1) is 0 Å². The van der Waals surface area contributed by atoms with E-state index in [1.165, 1.54) is 7.11 Å². The Hall–Kier alpha value is -1.78. The summed E-state index contributed by atoms with van der Waals surface area (Å²) in [6, 6.07) is 4.96. The monoisotopic (exact) mass is 252 g/mol. The molecule has 0 spiro atoms. The fourth-order valence-electron chi connectivity index (χ4n) is 1.62. The molecule has 0 saturated heterocycles. The number of anilines is 1. The van der Waals surface area contributed by atoms with Gasteiger partial charge in [-0.05, 0) is 18.4 Å². The van der Waals surface area contributed by atoms with E-state index in [4.69, 9.17) is 9.47 Å². The van der Waals surface area contributed by atoms with Crippen LogP contribution in [-0.2, 0) is 9.53 Å². The van der Waals surface area contributed by atoms with E-state index in [2.05, 4.69) is 24.1 Å². The van der Waals surface area contributed by atoms with E-state index < -0.39 is 6.04 Å². The molecule has 0 fully saturated rings. The average Bonchev–Trinajstić information content (AvgIpc) is 2.36. The highest BCUT2D eigenvalue weighted by Gasteiger charge is 2.20. The first kappa shape index (κ1) is 14.3. The normalized spacial score (nSPS) is 12.1. The number of carbonyl (C=O) groups excluding carboxylic acids is 1. The van der Waals surface area contributed by atoms with Crippen molar-refractivity contribution in [2.45, 2.75) is 26.3 Å². The Balaban J connectivity index is 2.78. The van der Waals surface area contributed by atoms with Crippen LogP contribution in [0.1, 0.15) is 20.3 Å². The molecule has 1 aromatic heterocycles. The molecule has 1 rings (SSSR count). The second-order valence-corrected chi connectivity index (χ2v) is 4.41. The second-order valence-electron chi connectivity index (χ2n) is 4.41. The molecular formula is C13H20N2O3. The molecule has 1 atom stereocenters. The van der Waals surface area contributed by atoms with Crippen molar-refractivity contribution in [3.63, 3.8) is 0 Å². The first-order valence-corrected chi connectivity index (χ1v) is 5.92. The zero-order chi connectivity index (χ0) is 13.5. The van der Waals surface area contributed by atoms with Gasteiger partial charge in [0.15, 0.2) is 0 Å². The number of pyridine rings is 1. The van der Waals surface area contributed by atoms with Gasteiger partial charge in [0.2, 0.25) is 5.88 Å². The van der Waals surface area contributed by atoms with Crippen LogP contribution in [0.4, 0.5) is 5.82 Å². The Morgan fingerprint density at radius 1 is 1.39 bits per heavy atom. The fraction of sp³-hybridized carbons (Fsp3) is 0.538. The van der Waals surface area contributed by atoms with Gasteiger partial charge in [0.25, 0.3) is 0 Å². The van der Waals surface area contributed by atoms with E-state index >= 15 is 0 Å². The van der Waals surface area contributed by atoms with Crippen LogP contribution in [0.2, 0.25) is 0 Å². The van der Waals surface area contributed by atoms with E-state index in [1.54, 1.807) is 19.2 Å². The lowest BCUT2D eigenvalue weighted by molar-refractivity contribution is -0.141. The van der Waals surface area contributed by atoms with Crippen LogP contribution >= 0.6 is 0 Å². The molecular weight excluding hydrogens is 232 g/mol. The van der Waals surface area contributed by atoms with Crippen LogP contribution < -0.4 is 10.1 Å². The molecule has 100 valence electrons. The van der Waals surface area contributed by atoms with Crippen molar-refractivity contribution in [1.82, 2.24) is 4.98 Å². The molecule has 0 aliphatic heterocycles. The molecule has 1 heterocycles. The molecule has 5 nitrogen and oxygen atoms in total. The lowest BCUT2D eigenvalue weighted by Gasteiger charge is -2.18. The van der Waals surface area contributed by atoms with Gasteiger partial charge in [-0.25, -0.2) is 4.79 Å². The Morgan fingerprint density at radius 3 is 2.67 bits per heavy atom. The molecule has 1 N–H and O–H groups in total. The van der Waals surface area contributed by atoms with Gasteiger partial charge in [0.05, 0.1) is 14.2 Å². The summed E-state index contributed by atoms with van der Waals surface area (Å²) in [5.41, 5.74) is 0. The zero-order valence-electron chi connectivity index (χ0n) is 11.3. The maximum Gasteiger partial charge on any atom is 0.328 e. The summed E-state index contributed by atoms with van der Waals surface area (Å²) in [5, 5.41) is 3.07. The van der Waals surface area contributed by atoms with Crippen LogP contribution in [-0.4, -0.2) is 31.2 Å². The van der Waals surface area contributed by atoms with Crippen molar-refractivity contribution in [2.24, 2.45) is 5.92 Å². The molecule has 0 aliphatic carbocycles. The quantitative estimate of drug-likeness (QED) is 0.785. The number of nitrogens with zero attached hydrogens (tertiary/aromatic N) is 1. The van der Waals surface area contributed by atoms with E-state index in [9.17, 15) is 4.79 Å². The predicted molar refractivity (Wildman–Crippen MR) is 69.7 cm³/mol. The van der Waals surface area contributed by atoms with Crippen molar-refractivity contribution in [3.8, 4) is 5.88 Å². The molecule has 0 aliphatic rings. The minimum absolute atomic E-state index is 0.284. The third kappa shape index (κ3) is 4.24. The maximum absolute atomic E-state index is 11.7. The number of rotatable bonds is 6. The zero-order valence-corrected chi connectivity index (χ0v) is 11.3. The van der Waals surface area contributed by atoms with Gasteiger partial charge >= 0.3 is 5.97 Å². The third-order valence-electron chi connectivity index (χ3n) is 2.45. The van der Waals surface area contributed by atoms with Crippen LogP contribution in [0, 0.1) is 5.92 Å². The summed E-state index contributed by atoms with van der Waals surface area (Å²) in [7, 11) is 2.94. The summed E-state index contributed by atoms with van der Waals surface area (Å²) in [4.78, 5) is 15.9. The average molecular weight is 252 g/mol. The summed E-state index contributed by atoms with van der Waals surface area (Å²) >= 11 is 0. The largest absolute Gasteiger partial charge is 0.481 e. The maximum atomic E-state index is 11.7. The van der Waals surface area contributed by atoms with Gasteiger partial charge in [0, 0.05) is 6.07 Å². The predicted octanol–water partition coefficient (Wildman–Crippen LogP) is 2.09. The van der Waals surface area contributed by atoms with Crippen molar-refractivity contribution in [3.05, 3.63) is 18.2 Å². The standard InChI is InChI=1S/C13H20N2O3/c1-9(2)8-10(13(16)18-4)14-11-6-5-7-12(15-11)17-3/h5-7,9-10H,8H2,1-4H3,(H,14,15). The molecule has 1 aromatic rings. The van der Waals surface area contributed by atoms with Gasteiger partial charge in [-0.3, -0.25) is 0 Å². The molecule has 0 saturated carbocycles. The van der Waals surface area contributed by atoms with Crippen molar-refractivity contribution in [1.29, 1.82) is 0 Å². The van der Waals surface area contributed by atoms with E-state index in [-0.39, 0.29) is 5.97 Å². The first-order valence-electron chi connectivity index (χ1n) is 5.92. The lowest BCUT2D eigenvalue weighted by atomic mass is 10.0. The summed E-state index contributed by atoms with van der Waals surface area (Å²) in [5.74, 6) is 1.21. The van der Waals surface area contributed by atoms with E-state index in [0.29, 0.717) is 24.0 Å².